The topological polar surface area (TPSA) is 0 Å². The van der Waals surface area contributed by atoms with E-state index in [2.05, 4.69) is 91.0 Å². The maximum absolute atomic E-state index is 7.25. The minimum atomic E-state index is -1.66. The fourth-order valence-corrected chi connectivity index (χ4v) is 7.07. The first-order chi connectivity index (χ1) is 11.2. The van der Waals surface area contributed by atoms with Crippen LogP contribution >= 0.6 is 17.9 Å². The highest BCUT2D eigenvalue weighted by Crippen LogP contribution is 2.70. The molecule has 116 valence electrons. The first-order valence-electron chi connectivity index (χ1n) is 7.91. The van der Waals surface area contributed by atoms with Gasteiger partial charge in [0.25, 0.3) is 0 Å². The van der Waals surface area contributed by atoms with Crippen LogP contribution in [0.2, 0.25) is 0 Å². The van der Waals surface area contributed by atoms with E-state index < -0.39 is 6.62 Å². The molecular formula is C21H21ClP+. The maximum Gasteiger partial charge on any atom is 0.127 e. The standard InChI is InChI=1S/C21H21ClP/c22-23(16-19-10-4-1-5-11-19,17-20-12-6-2-7-13-20)18-21-14-8-3-9-15-21/h1-15H,16-18H2/q+1. The Labute approximate surface area is 144 Å². The summed E-state index contributed by atoms with van der Waals surface area (Å²) in [6, 6.07) is 31.9. The molecule has 0 aromatic heterocycles. The molecule has 0 saturated heterocycles. The third kappa shape index (κ3) is 4.93. The second-order valence-electron chi connectivity index (χ2n) is 5.96. The van der Waals surface area contributed by atoms with Crippen molar-refractivity contribution in [1.29, 1.82) is 0 Å². The van der Waals surface area contributed by atoms with Gasteiger partial charge in [-0.3, -0.25) is 0 Å². The molecule has 3 rings (SSSR count). The molecule has 0 fully saturated rings. The van der Waals surface area contributed by atoms with Crippen molar-refractivity contribution >= 4 is 17.9 Å². The molecule has 2 heteroatoms. The van der Waals surface area contributed by atoms with E-state index in [1.807, 2.05) is 0 Å². The van der Waals surface area contributed by atoms with Gasteiger partial charge in [0.15, 0.2) is 0 Å². The van der Waals surface area contributed by atoms with E-state index in [4.69, 9.17) is 11.2 Å². The van der Waals surface area contributed by atoms with Crippen LogP contribution in [-0.2, 0) is 18.5 Å². The molecule has 0 amide bonds. The molecule has 0 bridgehead atoms. The lowest BCUT2D eigenvalue weighted by atomic mass is 10.2. The average Bonchev–Trinajstić information content (AvgIpc) is 2.57. The summed E-state index contributed by atoms with van der Waals surface area (Å²) in [4.78, 5) is 0. The van der Waals surface area contributed by atoms with Crippen LogP contribution in [0.25, 0.3) is 0 Å². The van der Waals surface area contributed by atoms with E-state index in [-0.39, 0.29) is 0 Å². The van der Waals surface area contributed by atoms with Crippen LogP contribution in [0.5, 0.6) is 0 Å². The Balaban J connectivity index is 1.85. The van der Waals surface area contributed by atoms with Crippen LogP contribution in [0.3, 0.4) is 0 Å². The van der Waals surface area contributed by atoms with Gasteiger partial charge in [-0.05, 0) is 16.7 Å². The van der Waals surface area contributed by atoms with Crippen LogP contribution in [-0.4, -0.2) is 0 Å². The van der Waals surface area contributed by atoms with Gasteiger partial charge in [0.2, 0.25) is 0 Å². The van der Waals surface area contributed by atoms with Crippen molar-refractivity contribution in [2.24, 2.45) is 0 Å². The summed E-state index contributed by atoms with van der Waals surface area (Å²) in [5.74, 6) is 0. The third-order valence-electron chi connectivity index (χ3n) is 3.93. The second kappa shape index (κ2) is 7.77. The SMILES string of the molecule is Cl[P+](Cc1ccccc1)(Cc1ccccc1)Cc1ccccc1. The Kier molecular flexibility index (Phi) is 5.49. The highest BCUT2D eigenvalue weighted by molar-refractivity contribution is 7.97. The maximum atomic E-state index is 7.25. The van der Waals surface area contributed by atoms with Crippen LogP contribution in [0, 0.1) is 0 Å². The summed E-state index contributed by atoms with van der Waals surface area (Å²) in [5, 5.41) is 0. The molecule has 3 aromatic carbocycles. The van der Waals surface area contributed by atoms with E-state index in [9.17, 15) is 0 Å². The zero-order valence-corrected chi connectivity index (χ0v) is 14.8. The fourth-order valence-electron chi connectivity index (χ4n) is 2.90. The Morgan fingerprint density at radius 2 is 0.739 bits per heavy atom. The summed E-state index contributed by atoms with van der Waals surface area (Å²) < 4.78 is 0. The van der Waals surface area contributed by atoms with Crippen LogP contribution in [0.4, 0.5) is 0 Å². The van der Waals surface area contributed by atoms with Crippen LogP contribution in [0.1, 0.15) is 16.7 Å². The highest BCUT2D eigenvalue weighted by Gasteiger charge is 2.37. The minimum absolute atomic E-state index is 0.971. The summed E-state index contributed by atoms with van der Waals surface area (Å²) >= 11 is 7.25. The smallest absolute Gasteiger partial charge is 0.0622 e. The molecule has 0 saturated carbocycles. The first-order valence-corrected chi connectivity index (χ1v) is 11.2. The Bertz CT molecular complexity index is 609. The average molecular weight is 340 g/mol. The van der Waals surface area contributed by atoms with Gasteiger partial charge in [0.05, 0.1) is 11.2 Å². The molecule has 0 aliphatic rings. The summed E-state index contributed by atoms with van der Waals surface area (Å²) in [5.41, 5.74) is 4.01. The minimum Gasteiger partial charge on any atom is -0.0622 e. The third-order valence-corrected chi connectivity index (χ3v) is 7.80. The van der Waals surface area contributed by atoms with E-state index in [1.54, 1.807) is 0 Å². The van der Waals surface area contributed by atoms with Crippen molar-refractivity contribution in [1.82, 2.24) is 0 Å². The summed E-state index contributed by atoms with van der Waals surface area (Å²) in [6.45, 7) is -1.66. The fraction of sp³-hybridized carbons (Fsp3) is 0.143. The number of rotatable bonds is 6. The Morgan fingerprint density at radius 3 is 1.00 bits per heavy atom. The second-order valence-corrected chi connectivity index (χ2v) is 11.1. The van der Waals surface area contributed by atoms with Gasteiger partial charge in [-0.25, -0.2) is 0 Å². The molecule has 23 heavy (non-hydrogen) atoms. The summed E-state index contributed by atoms with van der Waals surface area (Å²) in [6.07, 6.45) is 2.91. The van der Waals surface area contributed by atoms with Crippen LogP contribution < -0.4 is 0 Å². The molecule has 0 nitrogen and oxygen atoms in total. The Hall–Kier alpha value is -1.62. The van der Waals surface area contributed by atoms with Crippen molar-refractivity contribution in [2.45, 2.75) is 18.5 Å². The monoisotopic (exact) mass is 339 g/mol. The lowest BCUT2D eigenvalue weighted by Gasteiger charge is -2.20. The van der Waals surface area contributed by atoms with Crippen molar-refractivity contribution in [3.63, 3.8) is 0 Å². The predicted molar refractivity (Wildman–Crippen MR) is 103 cm³/mol. The molecule has 0 N–H and O–H groups in total. The lowest BCUT2D eigenvalue weighted by Crippen LogP contribution is -1.99. The van der Waals surface area contributed by atoms with Crippen molar-refractivity contribution in [3.05, 3.63) is 108 Å². The van der Waals surface area contributed by atoms with E-state index in [0.717, 1.165) is 18.5 Å². The lowest BCUT2D eigenvalue weighted by molar-refractivity contribution is 1.25. The molecule has 0 aliphatic carbocycles. The Morgan fingerprint density at radius 1 is 0.478 bits per heavy atom. The van der Waals surface area contributed by atoms with E-state index in [0.29, 0.717) is 0 Å². The van der Waals surface area contributed by atoms with Gasteiger partial charge >= 0.3 is 0 Å². The van der Waals surface area contributed by atoms with Gasteiger partial charge in [0, 0.05) is 0 Å². The van der Waals surface area contributed by atoms with Gasteiger partial charge in [-0.1, -0.05) is 91.0 Å². The molecule has 0 spiro atoms. The van der Waals surface area contributed by atoms with Gasteiger partial charge in [0.1, 0.15) is 25.1 Å². The van der Waals surface area contributed by atoms with Gasteiger partial charge in [-0.2, -0.15) is 0 Å². The van der Waals surface area contributed by atoms with Crippen molar-refractivity contribution in [3.8, 4) is 0 Å². The molecule has 3 aromatic rings. The van der Waals surface area contributed by atoms with Crippen molar-refractivity contribution in [2.75, 3.05) is 0 Å². The molecule has 0 unspecified atom stereocenters. The zero-order chi connectivity index (χ0) is 16.0. The molecule has 0 atom stereocenters. The predicted octanol–water partition coefficient (Wildman–Crippen LogP) is 6.76. The zero-order valence-electron chi connectivity index (χ0n) is 13.1. The molecule has 0 aliphatic heterocycles. The number of benzene rings is 3. The van der Waals surface area contributed by atoms with E-state index >= 15 is 0 Å². The van der Waals surface area contributed by atoms with E-state index in [1.165, 1.54) is 16.7 Å². The van der Waals surface area contributed by atoms with Gasteiger partial charge < -0.3 is 0 Å². The number of hydrogen-bond donors (Lipinski definition) is 0. The van der Waals surface area contributed by atoms with Crippen molar-refractivity contribution < 1.29 is 0 Å². The largest absolute Gasteiger partial charge is 0.127 e. The molecule has 0 radical (unpaired) electrons. The number of hydrogen-bond acceptors (Lipinski definition) is 0. The molecular weight excluding hydrogens is 319 g/mol. The quantitative estimate of drug-likeness (QED) is 0.435. The van der Waals surface area contributed by atoms with Gasteiger partial charge in [-0.15, -0.1) is 0 Å². The first kappa shape index (κ1) is 16.2. The number of halogens is 1. The molecule has 0 heterocycles. The normalized spacial score (nSPS) is 11.3. The van der Waals surface area contributed by atoms with Crippen LogP contribution in [0.15, 0.2) is 91.0 Å². The summed E-state index contributed by atoms with van der Waals surface area (Å²) in [7, 11) is 0. The highest BCUT2D eigenvalue weighted by atomic mass is 35.7.